The Morgan fingerprint density at radius 2 is 1.71 bits per heavy atom. The summed E-state index contributed by atoms with van der Waals surface area (Å²) >= 11 is 6.43. The fraction of sp³-hybridized carbons (Fsp3) is 0.0968. The molecule has 212 valence electrons. The Morgan fingerprint density at radius 3 is 2.52 bits per heavy atom. The van der Waals surface area contributed by atoms with Crippen molar-refractivity contribution in [2.75, 3.05) is 36.6 Å². The van der Waals surface area contributed by atoms with Gasteiger partial charge in [-0.25, -0.2) is 4.98 Å². The van der Waals surface area contributed by atoms with E-state index in [4.69, 9.17) is 11.6 Å². The average molecular weight is 582 g/mol. The highest BCUT2D eigenvalue weighted by Crippen LogP contribution is 2.30. The number of rotatable bonds is 9. The van der Waals surface area contributed by atoms with Crippen molar-refractivity contribution in [2.45, 2.75) is 0 Å². The monoisotopic (exact) mass is 581 g/mol. The fourth-order valence-corrected chi connectivity index (χ4v) is 4.41. The Morgan fingerprint density at radius 1 is 0.976 bits per heavy atom. The molecule has 2 aromatic heterocycles. The molecule has 0 spiro atoms. The molecule has 4 N–H and O–H groups in total. The number of anilines is 4. The first-order valence-electron chi connectivity index (χ1n) is 13.0. The maximum atomic E-state index is 13.0. The number of phenolic OH excluding ortho intramolecular Hbond substituents is 1. The summed E-state index contributed by atoms with van der Waals surface area (Å²) in [4.78, 5) is 36.0. The molecule has 5 aromatic rings. The number of hydrogen-bond donors (Lipinski definition) is 4. The van der Waals surface area contributed by atoms with Crippen molar-refractivity contribution in [2.24, 2.45) is 0 Å². The van der Waals surface area contributed by atoms with Crippen LogP contribution in [-0.4, -0.2) is 57.0 Å². The van der Waals surface area contributed by atoms with Gasteiger partial charge in [-0.05, 0) is 68.7 Å². The number of hydrogen-bond acceptors (Lipinski definition) is 7. The topological polar surface area (TPSA) is 124 Å². The Hall–Kier alpha value is -5.19. The van der Waals surface area contributed by atoms with E-state index in [1.165, 1.54) is 12.3 Å². The number of nitrogens with zero attached hydrogens (tertiary/aromatic N) is 4. The molecule has 5 rings (SSSR count). The highest BCUT2D eigenvalue weighted by molar-refractivity contribution is 6.32. The van der Waals surface area contributed by atoms with Gasteiger partial charge in [0.25, 0.3) is 5.91 Å². The van der Waals surface area contributed by atoms with Gasteiger partial charge < -0.3 is 26.0 Å². The van der Waals surface area contributed by atoms with Crippen LogP contribution < -0.4 is 16.0 Å². The molecule has 2 amide bonds. The van der Waals surface area contributed by atoms with Crippen molar-refractivity contribution < 1.29 is 14.7 Å². The van der Waals surface area contributed by atoms with E-state index in [1.54, 1.807) is 77.5 Å². The molecule has 0 aliphatic carbocycles. The highest BCUT2D eigenvalue weighted by atomic mass is 35.5. The van der Waals surface area contributed by atoms with Gasteiger partial charge in [-0.3, -0.25) is 14.2 Å². The minimum atomic E-state index is -0.334. The number of aromatic nitrogens is 3. The Kier molecular flexibility index (Phi) is 8.47. The number of carbonyl (C=O) groups is 2. The van der Waals surface area contributed by atoms with Crippen molar-refractivity contribution in [1.29, 1.82) is 0 Å². The van der Waals surface area contributed by atoms with Crippen LogP contribution in [0, 0.1) is 0 Å². The quantitative estimate of drug-likeness (QED) is 0.161. The zero-order valence-corrected chi connectivity index (χ0v) is 23.6. The molecule has 0 fully saturated rings. The summed E-state index contributed by atoms with van der Waals surface area (Å²) in [5.41, 5.74) is 2.84. The number of phenols is 1. The summed E-state index contributed by atoms with van der Waals surface area (Å²) in [6.45, 7) is 0.644. The zero-order chi connectivity index (χ0) is 29.6. The summed E-state index contributed by atoms with van der Waals surface area (Å²) in [6, 6.07) is 20.8. The van der Waals surface area contributed by atoms with Crippen LogP contribution in [0.3, 0.4) is 0 Å². The predicted octanol–water partition coefficient (Wildman–Crippen LogP) is 5.83. The molecule has 11 heteroatoms. The Labute approximate surface area is 247 Å². The third kappa shape index (κ3) is 6.74. The van der Waals surface area contributed by atoms with Crippen LogP contribution in [0.1, 0.15) is 10.4 Å². The Bertz CT molecular complexity index is 1800. The lowest BCUT2D eigenvalue weighted by molar-refractivity contribution is -0.111. The smallest absolute Gasteiger partial charge is 0.255 e. The summed E-state index contributed by atoms with van der Waals surface area (Å²) in [7, 11) is 3.83. The van der Waals surface area contributed by atoms with Gasteiger partial charge in [-0.1, -0.05) is 35.9 Å². The summed E-state index contributed by atoms with van der Waals surface area (Å²) in [5.74, 6) is 0.295. The third-order valence-corrected chi connectivity index (χ3v) is 6.44. The van der Waals surface area contributed by atoms with E-state index in [2.05, 4.69) is 25.9 Å². The average Bonchev–Trinajstić information content (AvgIpc) is 3.39. The van der Waals surface area contributed by atoms with Gasteiger partial charge in [-0.15, -0.1) is 0 Å². The number of nitrogens with one attached hydrogen (secondary N) is 3. The molecule has 2 heterocycles. The first-order valence-corrected chi connectivity index (χ1v) is 13.4. The van der Waals surface area contributed by atoms with Gasteiger partial charge in [0, 0.05) is 46.8 Å². The lowest BCUT2D eigenvalue weighted by atomic mass is 10.1. The highest BCUT2D eigenvalue weighted by Gasteiger charge is 2.13. The first kappa shape index (κ1) is 28.3. The van der Waals surface area contributed by atoms with Crippen LogP contribution >= 0.6 is 11.6 Å². The minimum Gasteiger partial charge on any atom is -0.507 e. The molecular formula is C31H28ClN7O3. The molecule has 0 atom stereocenters. The van der Waals surface area contributed by atoms with E-state index in [0.717, 1.165) is 5.52 Å². The van der Waals surface area contributed by atoms with Gasteiger partial charge in [-0.2, -0.15) is 4.98 Å². The van der Waals surface area contributed by atoms with Crippen LogP contribution in [0.15, 0.2) is 97.3 Å². The molecule has 0 aliphatic heterocycles. The molecule has 0 bridgehead atoms. The van der Waals surface area contributed by atoms with Crippen molar-refractivity contribution in [3.05, 3.63) is 108 Å². The second kappa shape index (κ2) is 12.5. The van der Waals surface area contributed by atoms with Crippen molar-refractivity contribution in [3.8, 4) is 11.6 Å². The first-order chi connectivity index (χ1) is 20.3. The standard InChI is InChI=1S/C31H28ClN7O3/c1-38(2)15-6-13-28(41)34-21-8-3-7-20(17-21)30(42)35-22-9-4-10-23(18-22)36-31-33-19-25(32)29(37-31)39-16-14-24-26(39)11-5-12-27(24)40/h3-14,16-19,40H,15H2,1-2H3,(H,34,41)(H,35,42)(H,33,36,37)/b13-6+. The van der Waals surface area contributed by atoms with E-state index in [1.807, 2.05) is 31.1 Å². The van der Waals surface area contributed by atoms with E-state index >= 15 is 0 Å². The molecule has 3 aromatic carbocycles. The van der Waals surface area contributed by atoms with Crippen molar-refractivity contribution in [1.82, 2.24) is 19.4 Å². The number of carbonyl (C=O) groups excluding carboxylic acids is 2. The lowest BCUT2D eigenvalue weighted by Gasteiger charge is -2.12. The number of aromatic hydroxyl groups is 1. The predicted molar refractivity (Wildman–Crippen MR) is 166 cm³/mol. The molecule has 10 nitrogen and oxygen atoms in total. The molecular weight excluding hydrogens is 554 g/mol. The number of amides is 2. The van der Waals surface area contributed by atoms with Gasteiger partial charge in [0.1, 0.15) is 10.8 Å². The van der Waals surface area contributed by atoms with E-state index in [0.29, 0.717) is 51.3 Å². The second-order valence-electron chi connectivity index (χ2n) is 9.66. The van der Waals surface area contributed by atoms with Gasteiger partial charge >= 0.3 is 0 Å². The van der Waals surface area contributed by atoms with Crippen LogP contribution in [0.5, 0.6) is 5.75 Å². The van der Waals surface area contributed by atoms with Gasteiger partial charge in [0.2, 0.25) is 11.9 Å². The Balaban J connectivity index is 1.28. The number of benzene rings is 3. The molecule has 0 unspecified atom stereocenters. The van der Waals surface area contributed by atoms with Crippen molar-refractivity contribution in [3.63, 3.8) is 0 Å². The molecule has 0 saturated heterocycles. The van der Waals surface area contributed by atoms with Crippen molar-refractivity contribution >= 4 is 57.3 Å². The molecule has 0 saturated carbocycles. The molecule has 0 aliphatic rings. The molecule has 0 radical (unpaired) electrons. The van der Waals surface area contributed by atoms with Gasteiger partial charge in [0.05, 0.1) is 11.7 Å². The van der Waals surface area contributed by atoms with E-state index < -0.39 is 0 Å². The van der Waals surface area contributed by atoms with Crippen LogP contribution in [0.2, 0.25) is 5.02 Å². The van der Waals surface area contributed by atoms with Crippen LogP contribution in [-0.2, 0) is 4.79 Å². The summed E-state index contributed by atoms with van der Waals surface area (Å²) in [5, 5.41) is 20.0. The number of halogens is 1. The van der Waals surface area contributed by atoms with Crippen LogP contribution in [0.4, 0.5) is 23.0 Å². The van der Waals surface area contributed by atoms with E-state index in [-0.39, 0.29) is 17.6 Å². The maximum absolute atomic E-state index is 13.0. The summed E-state index contributed by atoms with van der Waals surface area (Å²) < 4.78 is 1.78. The number of fused-ring (bicyclic) bond motifs is 1. The summed E-state index contributed by atoms with van der Waals surface area (Å²) in [6.07, 6.45) is 6.50. The normalized spacial score (nSPS) is 11.2. The fourth-order valence-electron chi connectivity index (χ4n) is 4.22. The lowest BCUT2D eigenvalue weighted by Crippen LogP contribution is -2.14. The number of likely N-dealkylation sites (N-methyl/N-ethyl adjacent to an activating group) is 1. The minimum absolute atomic E-state index is 0.165. The second-order valence-corrected chi connectivity index (χ2v) is 10.1. The SMILES string of the molecule is CN(C)C/C=C/C(=O)Nc1cccc(C(=O)Nc2cccc(Nc3ncc(Cl)c(-n4ccc5c(O)cccc54)n3)c2)c1. The largest absolute Gasteiger partial charge is 0.507 e. The van der Waals surface area contributed by atoms with Gasteiger partial charge in [0.15, 0.2) is 5.82 Å². The maximum Gasteiger partial charge on any atom is 0.255 e. The van der Waals surface area contributed by atoms with E-state index in [9.17, 15) is 14.7 Å². The molecule has 42 heavy (non-hydrogen) atoms. The van der Waals surface area contributed by atoms with Crippen LogP contribution in [0.25, 0.3) is 16.7 Å². The zero-order valence-electron chi connectivity index (χ0n) is 22.9. The third-order valence-electron chi connectivity index (χ3n) is 6.17.